The molecule has 3 rings (SSSR count). The van der Waals surface area contributed by atoms with E-state index in [4.69, 9.17) is 25.4 Å². The van der Waals surface area contributed by atoms with Crippen molar-refractivity contribution in [3.8, 4) is 0 Å². The van der Waals surface area contributed by atoms with Crippen molar-refractivity contribution in [1.29, 1.82) is 0 Å². The summed E-state index contributed by atoms with van der Waals surface area (Å²) in [7, 11) is 0. The van der Waals surface area contributed by atoms with Gasteiger partial charge in [0.25, 0.3) is 0 Å². The third-order valence-corrected chi connectivity index (χ3v) is 3.07. The molecule has 3 heterocycles. The van der Waals surface area contributed by atoms with Crippen LogP contribution < -0.4 is 0 Å². The summed E-state index contributed by atoms with van der Waals surface area (Å²) < 4.78 is 15.5. The largest absolute Gasteiger partial charge is 0.381 e. The molecule has 0 spiro atoms. The summed E-state index contributed by atoms with van der Waals surface area (Å²) in [6.07, 6.45) is 2.21. The summed E-state index contributed by atoms with van der Waals surface area (Å²) in [5.74, 6) is 2.31. The van der Waals surface area contributed by atoms with Gasteiger partial charge in [-0.2, -0.15) is 4.98 Å². The Morgan fingerprint density at radius 2 is 2.22 bits per heavy atom. The second-order valence-corrected chi connectivity index (χ2v) is 4.61. The first kappa shape index (κ1) is 11.7. The SMILES string of the molecule is Clc1cc(CCc2nc([C@H]3CCOC3)no2)on1. The molecule has 1 fully saturated rings. The summed E-state index contributed by atoms with van der Waals surface area (Å²) >= 11 is 5.66. The van der Waals surface area contributed by atoms with Crippen LogP contribution in [0.1, 0.15) is 29.8 Å². The number of rotatable bonds is 4. The van der Waals surface area contributed by atoms with E-state index >= 15 is 0 Å². The minimum atomic E-state index is 0.266. The molecule has 7 heteroatoms. The molecule has 6 nitrogen and oxygen atoms in total. The Morgan fingerprint density at radius 3 is 2.94 bits per heavy atom. The van der Waals surface area contributed by atoms with Crippen LogP contribution in [0.15, 0.2) is 15.1 Å². The fraction of sp³-hybridized carbons (Fsp3) is 0.545. The van der Waals surface area contributed by atoms with E-state index in [1.54, 1.807) is 6.07 Å². The standard InChI is InChI=1S/C11H12ClN3O3/c12-9-5-8(17-14-9)1-2-10-13-11(15-18-10)7-3-4-16-6-7/h5,7H,1-4,6H2/t7-/m0/s1. The maximum Gasteiger partial charge on any atom is 0.227 e. The lowest BCUT2D eigenvalue weighted by molar-refractivity contribution is 0.192. The number of nitrogens with zero attached hydrogens (tertiary/aromatic N) is 3. The van der Waals surface area contributed by atoms with Crippen molar-refractivity contribution in [2.75, 3.05) is 13.2 Å². The molecule has 0 bridgehead atoms. The third kappa shape index (κ3) is 2.54. The summed E-state index contributed by atoms with van der Waals surface area (Å²) in [6.45, 7) is 1.45. The molecule has 0 aromatic carbocycles. The number of aromatic nitrogens is 3. The van der Waals surface area contributed by atoms with Gasteiger partial charge in [-0.15, -0.1) is 0 Å². The van der Waals surface area contributed by atoms with Gasteiger partial charge >= 0.3 is 0 Å². The van der Waals surface area contributed by atoms with Crippen molar-refractivity contribution < 1.29 is 13.8 Å². The first-order valence-corrected chi connectivity index (χ1v) is 6.20. The van der Waals surface area contributed by atoms with Gasteiger partial charge in [-0.25, -0.2) is 0 Å². The minimum Gasteiger partial charge on any atom is -0.381 e. The summed E-state index contributed by atoms with van der Waals surface area (Å²) in [5, 5.41) is 7.94. The van der Waals surface area contributed by atoms with E-state index in [9.17, 15) is 0 Å². The van der Waals surface area contributed by atoms with Crippen LogP contribution in [0.25, 0.3) is 0 Å². The maximum absolute atomic E-state index is 5.66. The van der Waals surface area contributed by atoms with Crippen LogP contribution in [-0.2, 0) is 17.6 Å². The highest BCUT2D eigenvalue weighted by atomic mass is 35.5. The average Bonchev–Trinajstić information content (AvgIpc) is 3.07. The van der Waals surface area contributed by atoms with E-state index in [0.717, 1.165) is 18.9 Å². The summed E-state index contributed by atoms with van der Waals surface area (Å²) in [6, 6.07) is 1.68. The smallest absolute Gasteiger partial charge is 0.227 e. The van der Waals surface area contributed by atoms with Gasteiger partial charge in [0.1, 0.15) is 5.76 Å². The van der Waals surface area contributed by atoms with E-state index in [-0.39, 0.29) is 5.92 Å². The molecule has 0 aliphatic carbocycles. The molecule has 2 aromatic heterocycles. The van der Waals surface area contributed by atoms with Gasteiger partial charge in [-0.1, -0.05) is 21.9 Å². The van der Waals surface area contributed by atoms with Crippen molar-refractivity contribution in [2.45, 2.75) is 25.2 Å². The van der Waals surface area contributed by atoms with E-state index in [2.05, 4.69) is 15.3 Å². The van der Waals surface area contributed by atoms with Crippen molar-refractivity contribution in [2.24, 2.45) is 0 Å². The van der Waals surface area contributed by atoms with Crippen molar-refractivity contribution in [1.82, 2.24) is 15.3 Å². The molecule has 18 heavy (non-hydrogen) atoms. The highest BCUT2D eigenvalue weighted by molar-refractivity contribution is 6.29. The van der Waals surface area contributed by atoms with E-state index in [0.29, 0.717) is 36.3 Å². The Hall–Kier alpha value is -1.40. The topological polar surface area (TPSA) is 74.2 Å². The summed E-state index contributed by atoms with van der Waals surface area (Å²) in [5.41, 5.74) is 0. The normalized spacial score (nSPS) is 19.5. The second-order valence-electron chi connectivity index (χ2n) is 4.22. The fourth-order valence-corrected chi connectivity index (χ4v) is 2.07. The zero-order valence-electron chi connectivity index (χ0n) is 9.63. The molecule has 0 amide bonds. The van der Waals surface area contributed by atoms with Gasteiger partial charge in [0, 0.05) is 31.4 Å². The van der Waals surface area contributed by atoms with E-state index in [1.165, 1.54) is 0 Å². The van der Waals surface area contributed by atoms with Gasteiger partial charge in [0.2, 0.25) is 5.89 Å². The molecule has 0 unspecified atom stereocenters. The van der Waals surface area contributed by atoms with Crippen molar-refractivity contribution in [3.63, 3.8) is 0 Å². The van der Waals surface area contributed by atoms with E-state index in [1.807, 2.05) is 0 Å². The first-order chi connectivity index (χ1) is 8.81. The number of aryl methyl sites for hydroxylation is 2. The minimum absolute atomic E-state index is 0.266. The molecular weight excluding hydrogens is 258 g/mol. The Kier molecular flexibility index (Phi) is 3.29. The monoisotopic (exact) mass is 269 g/mol. The highest BCUT2D eigenvalue weighted by Gasteiger charge is 2.23. The predicted octanol–water partition coefficient (Wildman–Crippen LogP) is 2.00. The molecule has 1 saturated heterocycles. The van der Waals surface area contributed by atoms with Crippen LogP contribution in [-0.4, -0.2) is 28.5 Å². The molecule has 1 aliphatic heterocycles. The van der Waals surface area contributed by atoms with Crippen LogP contribution in [0.5, 0.6) is 0 Å². The van der Waals surface area contributed by atoms with Crippen LogP contribution in [0, 0.1) is 0 Å². The molecule has 2 aromatic rings. The molecule has 1 atom stereocenters. The van der Waals surface area contributed by atoms with E-state index < -0.39 is 0 Å². The maximum atomic E-state index is 5.66. The van der Waals surface area contributed by atoms with Crippen molar-refractivity contribution >= 4 is 11.6 Å². The second kappa shape index (κ2) is 5.07. The summed E-state index contributed by atoms with van der Waals surface area (Å²) in [4.78, 5) is 4.36. The fourth-order valence-electron chi connectivity index (χ4n) is 1.91. The van der Waals surface area contributed by atoms with Crippen LogP contribution in [0.4, 0.5) is 0 Å². The molecule has 0 saturated carbocycles. The predicted molar refractivity (Wildman–Crippen MR) is 61.4 cm³/mol. The lowest BCUT2D eigenvalue weighted by Gasteiger charge is -1.97. The van der Waals surface area contributed by atoms with Gasteiger partial charge in [0.15, 0.2) is 11.0 Å². The zero-order valence-corrected chi connectivity index (χ0v) is 10.4. The number of halogens is 1. The number of hydrogen-bond acceptors (Lipinski definition) is 6. The Morgan fingerprint density at radius 1 is 1.28 bits per heavy atom. The Balaban J connectivity index is 1.59. The number of ether oxygens (including phenoxy) is 1. The zero-order chi connectivity index (χ0) is 12.4. The molecule has 0 N–H and O–H groups in total. The average molecular weight is 270 g/mol. The number of hydrogen-bond donors (Lipinski definition) is 0. The highest BCUT2D eigenvalue weighted by Crippen LogP contribution is 2.22. The van der Waals surface area contributed by atoms with Crippen LogP contribution >= 0.6 is 11.6 Å². The Labute approximate surface area is 108 Å². The lowest BCUT2D eigenvalue weighted by Crippen LogP contribution is -2.00. The molecule has 96 valence electrons. The van der Waals surface area contributed by atoms with Gasteiger partial charge in [0.05, 0.1) is 6.61 Å². The molecule has 0 radical (unpaired) electrons. The third-order valence-electron chi connectivity index (χ3n) is 2.89. The molecule has 1 aliphatic rings. The Bertz CT molecular complexity index is 519. The van der Waals surface area contributed by atoms with Crippen LogP contribution in [0.3, 0.4) is 0 Å². The first-order valence-electron chi connectivity index (χ1n) is 5.82. The van der Waals surface area contributed by atoms with Crippen LogP contribution in [0.2, 0.25) is 5.15 Å². The quantitative estimate of drug-likeness (QED) is 0.845. The van der Waals surface area contributed by atoms with Gasteiger partial charge < -0.3 is 13.8 Å². The lowest BCUT2D eigenvalue weighted by atomic mass is 10.1. The molecular formula is C11H12ClN3O3. The van der Waals surface area contributed by atoms with Gasteiger partial charge in [-0.3, -0.25) is 0 Å². The van der Waals surface area contributed by atoms with Gasteiger partial charge in [-0.05, 0) is 6.42 Å². The van der Waals surface area contributed by atoms with Crippen molar-refractivity contribution in [3.05, 3.63) is 28.7 Å².